The third kappa shape index (κ3) is 2.89. The first kappa shape index (κ1) is 17.7. The fourth-order valence-corrected chi connectivity index (χ4v) is 3.55. The van der Waals surface area contributed by atoms with Crippen molar-refractivity contribution in [3.8, 4) is 6.07 Å². The number of aromatic nitrogens is 2. The van der Waals surface area contributed by atoms with Crippen molar-refractivity contribution < 1.29 is 8.78 Å². The average Bonchev–Trinajstić information content (AvgIpc) is 3.07. The number of nitrogens with one attached hydrogen (secondary N) is 1. The van der Waals surface area contributed by atoms with Crippen LogP contribution < -0.4 is 5.32 Å². The zero-order chi connectivity index (χ0) is 19.7. The van der Waals surface area contributed by atoms with Crippen LogP contribution in [0, 0.1) is 23.1 Å². The lowest BCUT2D eigenvalue weighted by atomic mass is 9.78. The summed E-state index contributed by atoms with van der Waals surface area (Å²) < 4.78 is 27.2. The highest BCUT2D eigenvalue weighted by molar-refractivity contribution is 6.01. The van der Waals surface area contributed by atoms with Crippen molar-refractivity contribution in [1.29, 1.82) is 5.26 Å². The second kappa shape index (κ2) is 6.82. The topological polar surface area (TPSA) is 74.0 Å². The Balaban J connectivity index is 1.88. The predicted molar refractivity (Wildman–Crippen MR) is 99.5 cm³/mol. The first-order valence-electron chi connectivity index (χ1n) is 8.63. The highest BCUT2D eigenvalue weighted by atomic mass is 19.1. The molecule has 0 bridgehead atoms. The van der Waals surface area contributed by atoms with Gasteiger partial charge in [-0.25, -0.2) is 14.4 Å². The summed E-state index contributed by atoms with van der Waals surface area (Å²) in [6, 6.07) is 14.3. The van der Waals surface area contributed by atoms with Crippen molar-refractivity contribution in [2.75, 3.05) is 0 Å². The molecule has 1 aliphatic heterocycles. The molecule has 0 aliphatic carbocycles. The molecule has 2 aromatic heterocycles. The summed E-state index contributed by atoms with van der Waals surface area (Å²) in [5, 5.41) is 12.7. The third-order valence-electron chi connectivity index (χ3n) is 4.89. The van der Waals surface area contributed by atoms with Crippen LogP contribution in [-0.2, 0) is 5.54 Å². The molecule has 4 rings (SSSR count). The predicted octanol–water partition coefficient (Wildman–Crippen LogP) is 3.31. The number of rotatable bonds is 3. The molecule has 3 aromatic rings. The van der Waals surface area contributed by atoms with E-state index in [1.165, 1.54) is 24.4 Å². The van der Waals surface area contributed by atoms with Crippen LogP contribution in [0.1, 0.15) is 29.3 Å². The molecular formula is C21H15F2N5. The minimum atomic E-state index is -0.864. The Bertz CT molecular complexity index is 1100. The number of hydrogen-bond acceptors (Lipinski definition) is 5. The van der Waals surface area contributed by atoms with E-state index < -0.39 is 11.5 Å². The molecule has 1 N–H and O–H groups in total. The number of aliphatic imine (C=N–C) groups is 1. The summed E-state index contributed by atoms with van der Waals surface area (Å²) in [5.41, 5.74) is 1.47. The highest BCUT2D eigenvalue weighted by Gasteiger charge is 2.45. The quantitative estimate of drug-likeness (QED) is 0.713. The Morgan fingerprint density at radius 2 is 1.75 bits per heavy atom. The number of amidine groups is 1. The zero-order valence-corrected chi connectivity index (χ0v) is 14.9. The molecule has 1 aromatic carbocycles. The van der Waals surface area contributed by atoms with Gasteiger partial charge in [-0.1, -0.05) is 12.1 Å². The molecule has 2 atom stereocenters. The number of pyridine rings is 2. The van der Waals surface area contributed by atoms with Crippen molar-refractivity contribution in [1.82, 2.24) is 15.3 Å². The van der Waals surface area contributed by atoms with Crippen LogP contribution in [0.2, 0.25) is 0 Å². The molecule has 138 valence electrons. The molecule has 1 unspecified atom stereocenters. The maximum Gasteiger partial charge on any atom is 0.213 e. The first-order valence-corrected chi connectivity index (χ1v) is 8.63. The standard InChI is InChI=1S/C21H15F2N5/c1-13-21(15-2-4-17(22)5-3-15,16-7-9-25-18(11-16)12-24)28-20(27-13)14-6-8-26-19(23)10-14/h2-11,13H,1H3,(H,27,28)/t13-,21?/m1/s1. The highest BCUT2D eigenvalue weighted by Crippen LogP contribution is 2.39. The zero-order valence-electron chi connectivity index (χ0n) is 14.9. The second-order valence-corrected chi connectivity index (χ2v) is 6.50. The Labute approximate surface area is 160 Å². The van der Waals surface area contributed by atoms with Gasteiger partial charge in [0.25, 0.3) is 0 Å². The maximum absolute atomic E-state index is 13.6. The Morgan fingerprint density at radius 3 is 2.46 bits per heavy atom. The summed E-state index contributed by atoms with van der Waals surface area (Å²) in [7, 11) is 0. The van der Waals surface area contributed by atoms with Crippen LogP contribution >= 0.6 is 0 Å². The van der Waals surface area contributed by atoms with Crippen LogP contribution in [-0.4, -0.2) is 21.8 Å². The lowest BCUT2D eigenvalue weighted by molar-refractivity contribution is 0.433. The summed E-state index contributed by atoms with van der Waals surface area (Å²) in [4.78, 5) is 12.3. The van der Waals surface area contributed by atoms with Crippen LogP contribution in [0.4, 0.5) is 8.78 Å². The largest absolute Gasteiger partial charge is 0.354 e. The molecule has 5 nitrogen and oxygen atoms in total. The lowest BCUT2D eigenvalue weighted by Gasteiger charge is -2.35. The normalized spacial score (nSPS) is 20.9. The average molecular weight is 375 g/mol. The van der Waals surface area contributed by atoms with Gasteiger partial charge >= 0.3 is 0 Å². The van der Waals surface area contributed by atoms with Crippen molar-refractivity contribution in [3.05, 3.63) is 95.1 Å². The summed E-state index contributed by atoms with van der Waals surface area (Å²) in [6.07, 6.45) is 2.93. The van der Waals surface area contributed by atoms with Gasteiger partial charge < -0.3 is 5.32 Å². The number of benzene rings is 1. The van der Waals surface area contributed by atoms with E-state index in [-0.39, 0.29) is 17.6 Å². The monoisotopic (exact) mass is 375 g/mol. The maximum atomic E-state index is 13.6. The molecule has 0 fully saturated rings. The van der Waals surface area contributed by atoms with E-state index in [4.69, 9.17) is 4.99 Å². The van der Waals surface area contributed by atoms with Gasteiger partial charge in [-0.15, -0.1) is 0 Å². The van der Waals surface area contributed by atoms with Crippen LogP contribution in [0.3, 0.4) is 0 Å². The van der Waals surface area contributed by atoms with Crippen LogP contribution in [0.25, 0.3) is 0 Å². The number of halogens is 2. The summed E-state index contributed by atoms with van der Waals surface area (Å²) >= 11 is 0. The Morgan fingerprint density at radius 1 is 1.00 bits per heavy atom. The van der Waals surface area contributed by atoms with E-state index in [9.17, 15) is 14.0 Å². The molecule has 28 heavy (non-hydrogen) atoms. The van der Waals surface area contributed by atoms with Crippen molar-refractivity contribution in [2.24, 2.45) is 4.99 Å². The Hall–Kier alpha value is -3.66. The number of nitriles is 1. The van der Waals surface area contributed by atoms with E-state index in [0.717, 1.165) is 11.1 Å². The molecule has 0 spiro atoms. The van der Waals surface area contributed by atoms with Crippen molar-refractivity contribution in [3.63, 3.8) is 0 Å². The molecule has 0 saturated carbocycles. The van der Waals surface area contributed by atoms with Gasteiger partial charge in [-0.3, -0.25) is 4.99 Å². The van der Waals surface area contributed by atoms with Gasteiger partial charge in [0.1, 0.15) is 29.0 Å². The van der Waals surface area contributed by atoms with Crippen LogP contribution in [0.5, 0.6) is 0 Å². The van der Waals surface area contributed by atoms with Gasteiger partial charge in [-0.05, 0) is 48.4 Å². The minimum Gasteiger partial charge on any atom is -0.354 e. The van der Waals surface area contributed by atoms with Gasteiger partial charge in [0, 0.05) is 24.0 Å². The van der Waals surface area contributed by atoms with Gasteiger partial charge in [0.2, 0.25) is 5.95 Å². The van der Waals surface area contributed by atoms with Gasteiger partial charge in [0.05, 0.1) is 6.04 Å². The summed E-state index contributed by atoms with van der Waals surface area (Å²) in [6.45, 7) is 1.91. The summed E-state index contributed by atoms with van der Waals surface area (Å²) in [5.74, 6) is -0.465. The molecule has 0 saturated heterocycles. The van der Waals surface area contributed by atoms with E-state index >= 15 is 0 Å². The van der Waals surface area contributed by atoms with E-state index in [0.29, 0.717) is 11.4 Å². The number of hydrogen-bond donors (Lipinski definition) is 1. The molecule has 0 radical (unpaired) electrons. The van der Waals surface area contributed by atoms with Crippen molar-refractivity contribution >= 4 is 5.84 Å². The molecule has 1 aliphatic rings. The molecule has 7 heteroatoms. The lowest BCUT2D eigenvalue weighted by Crippen LogP contribution is -2.48. The van der Waals surface area contributed by atoms with Gasteiger partial charge in [0.15, 0.2) is 0 Å². The molecular weight excluding hydrogens is 360 g/mol. The fraction of sp³-hybridized carbons (Fsp3) is 0.143. The third-order valence-corrected chi connectivity index (χ3v) is 4.89. The van der Waals surface area contributed by atoms with Gasteiger partial charge in [-0.2, -0.15) is 9.65 Å². The van der Waals surface area contributed by atoms with E-state index in [2.05, 4.69) is 15.3 Å². The smallest absolute Gasteiger partial charge is 0.213 e. The minimum absolute atomic E-state index is 0.261. The molecule has 0 amide bonds. The first-order chi connectivity index (χ1) is 13.5. The SMILES string of the molecule is C[C@H]1N=C(c2ccnc(F)c2)NC1(c1ccc(F)cc1)c1ccnc(C#N)c1. The fourth-order valence-electron chi connectivity index (χ4n) is 3.55. The van der Waals surface area contributed by atoms with Crippen molar-refractivity contribution in [2.45, 2.75) is 18.5 Å². The Kier molecular flexibility index (Phi) is 4.32. The number of nitrogens with zero attached hydrogens (tertiary/aromatic N) is 4. The van der Waals surface area contributed by atoms with E-state index in [1.807, 2.05) is 13.0 Å². The van der Waals surface area contributed by atoms with E-state index in [1.54, 1.807) is 36.5 Å². The molecule has 3 heterocycles. The second-order valence-electron chi connectivity index (χ2n) is 6.50. The van der Waals surface area contributed by atoms with Crippen LogP contribution in [0.15, 0.2) is 65.9 Å².